The smallest absolute Gasteiger partial charge is 0.297 e. The first-order valence-corrected chi connectivity index (χ1v) is 12.7. The highest BCUT2D eigenvalue weighted by atomic mass is 32.2. The van der Waals surface area contributed by atoms with E-state index in [1.54, 1.807) is 24.7 Å². The van der Waals surface area contributed by atoms with Crippen LogP contribution in [-0.2, 0) is 36.7 Å². The van der Waals surface area contributed by atoms with Gasteiger partial charge >= 0.3 is 0 Å². The lowest BCUT2D eigenvalue weighted by atomic mass is 10.0. The Labute approximate surface area is 200 Å². The first kappa shape index (κ1) is 24.4. The van der Waals surface area contributed by atoms with Gasteiger partial charge in [-0.15, -0.1) is 0 Å². The number of benzene rings is 2. The third kappa shape index (κ3) is 6.24. The molecule has 34 heavy (non-hydrogen) atoms. The van der Waals surface area contributed by atoms with Crippen LogP contribution in [0.4, 0.5) is 0 Å². The van der Waals surface area contributed by atoms with E-state index in [9.17, 15) is 8.42 Å². The quantitative estimate of drug-likeness (QED) is 0.382. The summed E-state index contributed by atoms with van der Waals surface area (Å²) in [7, 11) is -3.88. The van der Waals surface area contributed by atoms with Gasteiger partial charge in [0, 0.05) is 18.8 Å². The number of aryl methyl sites for hydroxylation is 2. The minimum absolute atomic E-state index is 0.120. The minimum Gasteiger partial charge on any atom is -0.494 e. The third-order valence-corrected chi connectivity index (χ3v) is 6.94. The van der Waals surface area contributed by atoms with E-state index in [1.165, 1.54) is 12.1 Å². The molecule has 4 rings (SSSR count). The van der Waals surface area contributed by atoms with Crippen LogP contribution in [0.1, 0.15) is 24.5 Å². The number of hydrogen-bond donors (Lipinski definition) is 0. The van der Waals surface area contributed by atoms with Gasteiger partial charge in [0.2, 0.25) is 0 Å². The van der Waals surface area contributed by atoms with Crippen molar-refractivity contribution >= 4 is 10.1 Å². The monoisotopic (exact) mass is 486 g/mol. The van der Waals surface area contributed by atoms with Crippen molar-refractivity contribution in [2.45, 2.75) is 50.0 Å². The van der Waals surface area contributed by atoms with Crippen LogP contribution in [0, 0.1) is 6.92 Å². The molecule has 0 spiro atoms. The molecule has 0 unspecified atom stereocenters. The fraction of sp³-hybridized carbons (Fsp3) is 0.400. The van der Waals surface area contributed by atoms with Gasteiger partial charge in [-0.1, -0.05) is 29.8 Å². The average Bonchev–Trinajstić information content (AvgIpc) is 3.48. The molecule has 3 aromatic rings. The number of aromatic nitrogens is 2. The Morgan fingerprint density at radius 1 is 1.15 bits per heavy atom. The zero-order chi connectivity index (χ0) is 24.0. The minimum atomic E-state index is -3.88. The van der Waals surface area contributed by atoms with E-state index in [2.05, 4.69) is 4.98 Å². The van der Waals surface area contributed by atoms with E-state index < -0.39 is 22.0 Å². The molecular formula is C25H30N2O6S. The summed E-state index contributed by atoms with van der Waals surface area (Å²) in [5, 5.41) is 0. The Hall–Kier alpha value is -2.72. The van der Waals surface area contributed by atoms with Crippen molar-refractivity contribution in [2.75, 3.05) is 19.8 Å². The highest BCUT2D eigenvalue weighted by Crippen LogP contribution is 2.32. The van der Waals surface area contributed by atoms with Crippen molar-refractivity contribution in [1.29, 1.82) is 0 Å². The van der Waals surface area contributed by atoms with Gasteiger partial charge < -0.3 is 18.8 Å². The molecule has 1 aliphatic heterocycles. The molecule has 1 aliphatic rings. The van der Waals surface area contributed by atoms with Crippen LogP contribution in [0.25, 0.3) is 0 Å². The second kappa shape index (κ2) is 10.7. The average molecular weight is 487 g/mol. The van der Waals surface area contributed by atoms with Crippen LogP contribution >= 0.6 is 0 Å². The molecule has 2 aromatic carbocycles. The Kier molecular flexibility index (Phi) is 7.67. The van der Waals surface area contributed by atoms with Gasteiger partial charge in [-0.2, -0.15) is 8.42 Å². The third-order valence-electron chi connectivity index (χ3n) is 5.64. The summed E-state index contributed by atoms with van der Waals surface area (Å²) in [5.41, 5.74) is 2.10. The normalized spacial score (nSPS) is 20.5. The molecule has 0 amide bonds. The van der Waals surface area contributed by atoms with Crippen molar-refractivity contribution in [3.8, 4) is 5.75 Å². The van der Waals surface area contributed by atoms with E-state index in [4.69, 9.17) is 18.4 Å². The van der Waals surface area contributed by atoms with Gasteiger partial charge in [-0.05, 0) is 50.1 Å². The summed E-state index contributed by atoms with van der Waals surface area (Å²) in [6.07, 6.45) is 6.04. The number of imidazole rings is 1. The molecule has 0 radical (unpaired) electrons. The predicted octanol–water partition coefficient (Wildman–Crippen LogP) is 3.74. The molecule has 2 atom stereocenters. The van der Waals surface area contributed by atoms with Crippen LogP contribution in [0.3, 0.4) is 0 Å². The van der Waals surface area contributed by atoms with Crippen molar-refractivity contribution in [3.63, 3.8) is 0 Å². The molecular weight excluding hydrogens is 456 g/mol. The summed E-state index contributed by atoms with van der Waals surface area (Å²) in [4.78, 5) is 4.22. The van der Waals surface area contributed by atoms with E-state index in [0.717, 1.165) is 23.3 Å². The summed E-state index contributed by atoms with van der Waals surface area (Å²) < 4.78 is 50.2. The molecule has 0 aliphatic carbocycles. The molecule has 8 nitrogen and oxygen atoms in total. The number of hydrogen-bond acceptors (Lipinski definition) is 7. The van der Waals surface area contributed by atoms with Crippen molar-refractivity contribution in [3.05, 3.63) is 78.4 Å². The second-order valence-corrected chi connectivity index (χ2v) is 9.94. The van der Waals surface area contributed by atoms with Gasteiger partial charge in [0.05, 0.1) is 37.6 Å². The fourth-order valence-electron chi connectivity index (χ4n) is 3.84. The van der Waals surface area contributed by atoms with E-state index >= 15 is 0 Å². The number of nitrogens with zero attached hydrogens (tertiary/aromatic N) is 2. The van der Waals surface area contributed by atoms with Crippen LogP contribution in [-0.4, -0.2) is 49.7 Å². The second-order valence-electron chi connectivity index (χ2n) is 8.33. The summed E-state index contributed by atoms with van der Waals surface area (Å²) in [6, 6.07) is 14.5. The lowest BCUT2D eigenvalue weighted by molar-refractivity contribution is -0.184. The first-order valence-electron chi connectivity index (χ1n) is 11.3. The van der Waals surface area contributed by atoms with Crippen molar-refractivity contribution in [1.82, 2.24) is 9.55 Å². The molecule has 1 fully saturated rings. The fourth-order valence-corrected chi connectivity index (χ4v) is 4.78. The van der Waals surface area contributed by atoms with Gasteiger partial charge in [-0.25, -0.2) is 4.98 Å². The Bertz CT molecular complexity index is 1150. The van der Waals surface area contributed by atoms with Gasteiger partial charge in [-0.3, -0.25) is 4.18 Å². The van der Waals surface area contributed by atoms with Gasteiger partial charge in [0.1, 0.15) is 11.9 Å². The Morgan fingerprint density at radius 2 is 1.91 bits per heavy atom. The van der Waals surface area contributed by atoms with Crippen molar-refractivity contribution in [2.24, 2.45) is 0 Å². The summed E-state index contributed by atoms with van der Waals surface area (Å²) >= 11 is 0. The zero-order valence-corrected chi connectivity index (χ0v) is 20.2. The molecule has 1 aromatic heterocycles. The van der Waals surface area contributed by atoms with Gasteiger partial charge in [0.25, 0.3) is 10.1 Å². The van der Waals surface area contributed by atoms with Gasteiger partial charge in [0.15, 0.2) is 5.79 Å². The topological polar surface area (TPSA) is 88.9 Å². The Morgan fingerprint density at radius 3 is 2.59 bits per heavy atom. The van der Waals surface area contributed by atoms with Crippen LogP contribution in [0.15, 0.2) is 72.1 Å². The lowest BCUT2D eigenvalue weighted by Gasteiger charge is -2.28. The van der Waals surface area contributed by atoms with Crippen LogP contribution < -0.4 is 4.74 Å². The van der Waals surface area contributed by atoms with E-state index in [0.29, 0.717) is 19.6 Å². The highest BCUT2D eigenvalue weighted by molar-refractivity contribution is 7.86. The van der Waals surface area contributed by atoms with Crippen LogP contribution in [0.5, 0.6) is 5.75 Å². The zero-order valence-electron chi connectivity index (χ0n) is 19.4. The number of rotatable bonds is 11. The van der Waals surface area contributed by atoms with Crippen molar-refractivity contribution < 1.29 is 26.8 Å². The molecule has 0 N–H and O–H groups in total. The predicted molar refractivity (Wildman–Crippen MR) is 126 cm³/mol. The molecule has 0 bridgehead atoms. The van der Waals surface area contributed by atoms with E-state index in [-0.39, 0.29) is 18.1 Å². The number of ether oxygens (including phenoxy) is 3. The molecule has 0 saturated carbocycles. The molecule has 9 heteroatoms. The Balaban J connectivity index is 1.40. The summed E-state index contributed by atoms with van der Waals surface area (Å²) in [5.74, 6) is -0.0826. The first-order chi connectivity index (χ1) is 16.4. The molecule has 2 heterocycles. The summed E-state index contributed by atoms with van der Waals surface area (Å²) in [6.45, 7) is 5.03. The highest BCUT2D eigenvalue weighted by Gasteiger charge is 2.42. The SMILES string of the molecule is CCOc1ccc(CC[C@@]2(Cn3ccnc3)OC[C@@H](COS(=O)(=O)c3ccc(C)cc3)O2)cc1. The maximum atomic E-state index is 12.6. The molecule has 1 saturated heterocycles. The molecule has 182 valence electrons. The maximum absolute atomic E-state index is 12.6. The largest absolute Gasteiger partial charge is 0.494 e. The van der Waals surface area contributed by atoms with Crippen LogP contribution in [0.2, 0.25) is 0 Å². The van der Waals surface area contributed by atoms with E-state index in [1.807, 2.05) is 48.9 Å². The maximum Gasteiger partial charge on any atom is 0.297 e. The lowest BCUT2D eigenvalue weighted by Crippen LogP contribution is -2.37. The standard InChI is InChI=1S/C25H30N2O6S/c1-3-30-22-8-6-21(7-9-22)12-13-25(18-27-15-14-26-19-27)31-16-23(33-25)17-32-34(28,29)24-10-4-20(2)5-11-24/h4-11,14-15,19,23H,3,12-13,16-18H2,1-2H3/t23-,25+/m0/s1.